The minimum absolute atomic E-state index is 0.0112. The monoisotopic (exact) mass is 589 g/mol. The number of para-hydroxylation sites is 1. The molecular formula is C29H33Cl2N3O4S. The second-order valence-electron chi connectivity index (χ2n) is 9.18. The van der Waals surface area contributed by atoms with E-state index < -0.39 is 28.5 Å². The topological polar surface area (TPSA) is 86.8 Å². The lowest BCUT2D eigenvalue weighted by atomic mass is 10.0. The van der Waals surface area contributed by atoms with E-state index in [2.05, 4.69) is 5.32 Å². The highest BCUT2D eigenvalue weighted by Gasteiger charge is 2.33. The number of benzene rings is 3. The Morgan fingerprint density at radius 3 is 2.13 bits per heavy atom. The molecule has 0 aliphatic carbocycles. The van der Waals surface area contributed by atoms with Gasteiger partial charge in [0.1, 0.15) is 12.6 Å². The summed E-state index contributed by atoms with van der Waals surface area (Å²) in [6, 6.07) is 21.9. The van der Waals surface area contributed by atoms with Crippen LogP contribution in [0.3, 0.4) is 0 Å². The molecule has 0 bridgehead atoms. The first kappa shape index (κ1) is 30.5. The maximum atomic E-state index is 14.0. The number of sulfonamides is 1. The molecular weight excluding hydrogens is 557 g/mol. The van der Waals surface area contributed by atoms with E-state index >= 15 is 0 Å². The molecule has 3 rings (SSSR count). The number of hydrogen-bond acceptors (Lipinski definition) is 4. The van der Waals surface area contributed by atoms with Gasteiger partial charge >= 0.3 is 0 Å². The van der Waals surface area contributed by atoms with Crippen LogP contribution in [0.2, 0.25) is 10.0 Å². The lowest BCUT2D eigenvalue weighted by Gasteiger charge is -2.33. The number of rotatable bonds is 13. The van der Waals surface area contributed by atoms with Gasteiger partial charge in [-0.25, -0.2) is 8.42 Å². The number of halogens is 2. The summed E-state index contributed by atoms with van der Waals surface area (Å²) in [6.07, 6.45) is 2.94. The molecule has 0 aromatic heterocycles. The third-order valence-corrected chi connectivity index (χ3v) is 8.01. The predicted octanol–water partition coefficient (Wildman–Crippen LogP) is 5.32. The fourth-order valence-corrected chi connectivity index (χ4v) is 5.46. The summed E-state index contributed by atoms with van der Waals surface area (Å²) < 4.78 is 26.6. The molecule has 3 aromatic rings. The minimum Gasteiger partial charge on any atom is -0.354 e. The molecule has 0 aliphatic rings. The number of amides is 2. The van der Waals surface area contributed by atoms with Crippen LogP contribution in [0.25, 0.3) is 0 Å². The van der Waals surface area contributed by atoms with Crippen LogP contribution in [0.5, 0.6) is 0 Å². The maximum Gasteiger partial charge on any atom is 0.244 e. The third-order valence-electron chi connectivity index (χ3n) is 6.20. The average molecular weight is 591 g/mol. The van der Waals surface area contributed by atoms with Gasteiger partial charge in [-0.1, -0.05) is 97.2 Å². The van der Waals surface area contributed by atoms with Crippen molar-refractivity contribution in [3.63, 3.8) is 0 Å². The smallest absolute Gasteiger partial charge is 0.244 e. The van der Waals surface area contributed by atoms with Crippen molar-refractivity contribution in [1.82, 2.24) is 10.2 Å². The van der Waals surface area contributed by atoms with E-state index in [1.807, 2.05) is 37.3 Å². The van der Waals surface area contributed by atoms with Gasteiger partial charge in [0.2, 0.25) is 21.8 Å². The number of nitrogens with one attached hydrogen (secondary N) is 1. The maximum absolute atomic E-state index is 14.0. The highest BCUT2D eigenvalue weighted by Crippen LogP contribution is 2.28. The van der Waals surface area contributed by atoms with Crippen molar-refractivity contribution in [3.8, 4) is 0 Å². The van der Waals surface area contributed by atoms with E-state index in [0.717, 1.165) is 29.0 Å². The number of carbonyl (C=O) groups excluding carboxylic acids is 2. The van der Waals surface area contributed by atoms with Gasteiger partial charge < -0.3 is 10.2 Å². The molecule has 0 heterocycles. The molecule has 10 heteroatoms. The van der Waals surface area contributed by atoms with Crippen LogP contribution in [0.15, 0.2) is 78.9 Å². The van der Waals surface area contributed by atoms with Crippen molar-refractivity contribution in [2.45, 2.75) is 38.8 Å². The molecule has 0 saturated heterocycles. The Kier molecular flexibility index (Phi) is 11.2. The van der Waals surface area contributed by atoms with Crippen molar-refractivity contribution in [2.24, 2.45) is 0 Å². The Morgan fingerprint density at radius 1 is 0.897 bits per heavy atom. The van der Waals surface area contributed by atoms with E-state index in [-0.39, 0.29) is 29.6 Å². The van der Waals surface area contributed by atoms with E-state index in [1.54, 1.807) is 42.5 Å². The van der Waals surface area contributed by atoms with E-state index in [0.29, 0.717) is 17.1 Å². The highest BCUT2D eigenvalue weighted by molar-refractivity contribution is 7.92. The van der Waals surface area contributed by atoms with Crippen molar-refractivity contribution < 1.29 is 18.0 Å². The van der Waals surface area contributed by atoms with Gasteiger partial charge in [-0.2, -0.15) is 0 Å². The third kappa shape index (κ3) is 8.71. The zero-order valence-electron chi connectivity index (χ0n) is 22.0. The Labute approximate surface area is 240 Å². The van der Waals surface area contributed by atoms with Gasteiger partial charge in [0, 0.05) is 24.5 Å². The van der Waals surface area contributed by atoms with Crippen molar-refractivity contribution in [3.05, 3.63) is 100 Å². The van der Waals surface area contributed by atoms with Crippen LogP contribution in [0.1, 0.15) is 30.9 Å². The predicted molar refractivity (Wildman–Crippen MR) is 157 cm³/mol. The number of anilines is 1. The lowest BCUT2D eigenvalue weighted by Crippen LogP contribution is -2.53. The van der Waals surface area contributed by atoms with Crippen LogP contribution in [-0.4, -0.2) is 50.5 Å². The summed E-state index contributed by atoms with van der Waals surface area (Å²) >= 11 is 12.8. The summed E-state index contributed by atoms with van der Waals surface area (Å²) in [4.78, 5) is 29.0. The van der Waals surface area contributed by atoms with Crippen molar-refractivity contribution in [2.75, 3.05) is 23.7 Å². The van der Waals surface area contributed by atoms with Gasteiger partial charge in [-0.3, -0.25) is 13.9 Å². The summed E-state index contributed by atoms with van der Waals surface area (Å²) in [5, 5.41) is 3.57. The first-order valence-corrected chi connectivity index (χ1v) is 15.3. The number of unbranched alkanes of at least 4 members (excludes halogenated alkanes) is 1. The Balaban J connectivity index is 2.05. The quantitative estimate of drug-likeness (QED) is 0.273. The second-order valence-corrected chi connectivity index (χ2v) is 11.9. The molecule has 1 N–H and O–H groups in total. The Bertz CT molecular complexity index is 1370. The van der Waals surface area contributed by atoms with Crippen LogP contribution in [0.4, 0.5) is 5.69 Å². The molecule has 7 nitrogen and oxygen atoms in total. The average Bonchev–Trinajstić information content (AvgIpc) is 2.90. The summed E-state index contributed by atoms with van der Waals surface area (Å²) in [5.74, 6) is -0.886. The summed E-state index contributed by atoms with van der Waals surface area (Å²) in [6.45, 7) is 1.96. The molecule has 0 aliphatic heterocycles. The van der Waals surface area contributed by atoms with Crippen molar-refractivity contribution >= 4 is 50.7 Å². The molecule has 3 aromatic carbocycles. The largest absolute Gasteiger partial charge is 0.354 e. The lowest BCUT2D eigenvalue weighted by molar-refractivity contribution is -0.140. The molecule has 0 radical (unpaired) electrons. The minimum atomic E-state index is -3.90. The second kappa shape index (κ2) is 14.4. The van der Waals surface area contributed by atoms with Gasteiger partial charge in [0.05, 0.1) is 17.0 Å². The summed E-state index contributed by atoms with van der Waals surface area (Å²) in [7, 11) is -3.90. The molecule has 39 heavy (non-hydrogen) atoms. The van der Waals surface area contributed by atoms with Crippen LogP contribution in [-0.2, 0) is 32.6 Å². The number of carbonyl (C=O) groups is 2. The van der Waals surface area contributed by atoms with Gasteiger partial charge in [-0.15, -0.1) is 0 Å². The van der Waals surface area contributed by atoms with Gasteiger partial charge in [-0.05, 0) is 35.7 Å². The van der Waals surface area contributed by atoms with Crippen molar-refractivity contribution in [1.29, 1.82) is 0 Å². The Hall–Kier alpha value is -3.07. The zero-order valence-corrected chi connectivity index (χ0v) is 24.3. The van der Waals surface area contributed by atoms with E-state index in [4.69, 9.17) is 23.2 Å². The number of hydrogen-bond donors (Lipinski definition) is 1. The molecule has 0 spiro atoms. The molecule has 0 saturated carbocycles. The molecule has 0 unspecified atom stereocenters. The molecule has 0 fully saturated rings. The molecule has 2 amide bonds. The highest BCUT2D eigenvalue weighted by atomic mass is 35.5. The molecule has 208 valence electrons. The zero-order chi connectivity index (χ0) is 28.4. The molecule has 1 atom stereocenters. The fraction of sp³-hybridized carbons (Fsp3) is 0.310. The SMILES string of the molecule is CCCCNC(=O)[C@H](Cc1ccccc1)N(Cc1ccccc1Cl)C(=O)CN(c1ccccc1Cl)S(C)(=O)=O. The fourth-order valence-electron chi connectivity index (χ4n) is 4.12. The standard InChI is InChI=1S/C29H33Cl2N3O4S/c1-3-4-18-32-29(36)27(19-22-12-6-5-7-13-22)33(20-23-14-8-9-15-24(23)30)28(35)21-34(39(2,37)38)26-17-11-10-16-25(26)31/h5-17,27H,3-4,18-21H2,1-2H3,(H,32,36)/t27-/m0/s1. The van der Waals surface area contributed by atoms with E-state index in [1.165, 1.54) is 11.0 Å². The van der Waals surface area contributed by atoms with Gasteiger partial charge in [0.15, 0.2) is 0 Å². The first-order chi connectivity index (χ1) is 18.6. The summed E-state index contributed by atoms with van der Waals surface area (Å²) in [5.41, 5.74) is 1.67. The number of nitrogens with zero attached hydrogens (tertiary/aromatic N) is 2. The van der Waals surface area contributed by atoms with Gasteiger partial charge in [0.25, 0.3) is 0 Å². The van der Waals surface area contributed by atoms with Crippen LogP contribution >= 0.6 is 23.2 Å². The van der Waals surface area contributed by atoms with E-state index in [9.17, 15) is 18.0 Å². The first-order valence-electron chi connectivity index (χ1n) is 12.7. The van der Waals surface area contributed by atoms with Crippen LogP contribution in [0, 0.1) is 0 Å². The van der Waals surface area contributed by atoms with Crippen LogP contribution < -0.4 is 9.62 Å². The normalized spacial score (nSPS) is 12.0. The Morgan fingerprint density at radius 2 is 1.51 bits per heavy atom.